The molecule has 0 atom stereocenters. The summed E-state index contributed by atoms with van der Waals surface area (Å²) in [5.41, 5.74) is 0.925. The van der Waals surface area contributed by atoms with Crippen molar-refractivity contribution in [3.8, 4) is 0 Å². The number of hydrogen-bond acceptors (Lipinski definition) is 4. The number of aryl methyl sites for hydroxylation is 1. The predicted octanol–water partition coefficient (Wildman–Crippen LogP) is 3.46. The number of imide groups is 2. The fraction of sp³-hybridized carbons (Fsp3) is 0.0556. The van der Waals surface area contributed by atoms with E-state index in [1.54, 1.807) is 37.3 Å². The van der Waals surface area contributed by atoms with E-state index in [-0.39, 0.29) is 11.3 Å². The zero-order valence-electron chi connectivity index (χ0n) is 13.2. The molecule has 4 amide bonds. The number of carbonyl (C=O) groups excluding carboxylic acids is 3. The molecule has 7 heteroatoms. The molecule has 1 fully saturated rings. The maximum Gasteiger partial charge on any atom is 0.335 e. The first-order valence-corrected chi connectivity index (χ1v) is 7.73. The van der Waals surface area contributed by atoms with Gasteiger partial charge in [-0.05, 0) is 48.9 Å². The first kappa shape index (κ1) is 16.7. The average molecular weight is 357 g/mol. The molecular formula is C18H13ClN2O4. The summed E-state index contributed by atoms with van der Waals surface area (Å²) in [5, 5.41) is 2.56. The van der Waals surface area contributed by atoms with E-state index in [2.05, 4.69) is 5.32 Å². The van der Waals surface area contributed by atoms with Gasteiger partial charge in [0, 0.05) is 5.02 Å². The van der Waals surface area contributed by atoms with Gasteiger partial charge in [0.05, 0.1) is 12.0 Å². The topological polar surface area (TPSA) is 79.6 Å². The summed E-state index contributed by atoms with van der Waals surface area (Å²) >= 11 is 6.06. The number of amides is 4. The molecule has 1 saturated heterocycles. The molecular weight excluding hydrogens is 344 g/mol. The summed E-state index contributed by atoms with van der Waals surface area (Å²) in [5.74, 6) is -0.912. The molecule has 0 spiro atoms. The molecule has 2 aromatic rings. The van der Waals surface area contributed by atoms with Crippen LogP contribution >= 0.6 is 11.6 Å². The molecule has 0 bridgehead atoms. The fourth-order valence-corrected chi connectivity index (χ4v) is 2.43. The van der Waals surface area contributed by atoms with Gasteiger partial charge in [0.25, 0.3) is 11.8 Å². The number of barbiturate groups is 1. The van der Waals surface area contributed by atoms with Crippen molar-refractivity contribution in [3.63, 3.8) is 0 Å². The van der Waals surface area contributed by atoms with E-state index in [1.165, 1.54) is 24.5 Å². The Kier molecular flexibility index (Phi) is 4.54. The second-order valence-corrected chi connectivity index (χ2v) is 5.70. The van der Waals surface area contributed by atoms with E-state index in [0.29, 0.717) is 10.8 Å². The highest BCUT2D eigenvalue weighted by Gasteiger charge is 2.36. The van der Waals surface area contributed by atoms with Gasteiger partial charge >= 0.3 is 6.03 Å². The highest BCUT2D eigenvalue weighted by atomic mass is 35.5. The number of urea groups is 1. The Morgan fingerprint density at radius 1 is 1.20 bits per heavy atom. The molecule has 25 heavy (non-hydrogen) atoms. The van der Waals surface area contributed by atoms with E-state index in [9.17, 15) is 14.4 Å². The van der Waals surface area contributed by atoms with Crippen molar-refractivity contribution in [2.24, 2.45) is 0 Å². The molecule has 1 aliphatic heterocycles. The van der Waals surface area contributed by atoms with E-state index < -0.39 is 17.8 Å². The summed E-state index contributed by atoms with van der Waals surface area (Å²) in [7, 11) is 0. The smallest absolute Gasteiger partial charge is 0.335 e. The van der Waals surface area contributed by atoms with Gasteiger partial charge in [-0.15, -0.1) is 0 Å². The number of nitrogens with one attached hydrogen (secondary N) is 1. The molecule has 0 saturated carbocycles. The lowest BCUT2D eigenvalue weighted by Crippen LogP contribution is -2.54. The number of allylic oxidation sites excluding steroid dienone is 2. The van der Waals surface area contributed by atoms with Crippen molar-refractivity contribution in [2.45, 2.75) is 6.92 Å². The third-order valence-electron chi connectivity index (χ3n) is 3.58. The predicted molar refractivity (Wildman–Crippen MR) is 93.0 cm³/mol. The highest BCUT2D eigenvalue weighted by molar-refractivity contribution is 6.38. The summed E-state index contributed by atoms with van der Waals surface area (Å²) in [6, 6.07) is 7.40. The van der Waals surface area contributed by atoms with Crippen LogP contribution < -0.4 is 10.2 Å². The van der Waals surface area contributed by atoms with Crippen LogP contribution in [0.2, 0.25) is 5.02 Å². The number of hydrogen-bond donors (Lipinski definition) is 1. The Bertz CT molecular complexity index is 913. The lowest BCUT2D eigenvalue weighted by Gasteiger charge is -2.26. The monoisotopic (exact) mass is 356 g/mol. The molecule has 0 radical (unpaired) electrons. The molecule has 0 aliphatic carbocycles. The summed E-state index contributed by atoms with van der Waals surface area (Å²) in [4.78, 5) is 37.5. The van der Waals surface area contributed by atoms with Crippen LogP contribution in [0.25, 0.3) is 6.08 Å². The fourth-order valence-electron chi connectivity index (χ4n) is 2.26. The number of halogens is 1. The van der Waals surface area contributed by atoms with Gasteiger partial charge in [0.15, 0.2) is 0 Å². The first-order valence-electron chi connectivity index (χ1n) is 7.35. The quantitative estimate of drug-likeness (QED) is 0.674. The molecule has 3 rings (SSSR count). The van der Waals surface area contributed by atoms with Crippen molar-refractivity contribution < 1.29 is 18.8 Å². The lowest BCUT2D eigenvalue weighted by atomic mass is 10.1. The van der Waals surface area contributed by atoms with E-state index >= 15 is 0 Å². The number of anilines is 1. The zero-order valence-corrected chi connectivity index (χ0v) is 13.9. The van der Waals surface area contributed by atoms with Gasteiger partial charge in [0.1, 0.15) is 11.3 Å². The number of benzene rings is 1. The van der Waals surface area contributed by atoms with Crippen molar-refractivity contribution >= 4 is 41.2 Å². The third kappa shape index (κ3) is 3.39. The van der Waals surface area contributed by atoms with E-state index in [0.717, 1.165) is 10.5 Å². The molecule has 126 valence electrons. The first-order chi connectivity index (χ1) is 12.0. The lowest BCUT2D eigenvalue weighted by molar-refractivity contribution is -0.122. The van der Waals surface area contributed by atoms with Crippen LogP contribution in [-0.4, -0.2) is 17.8 Å². The SMILES string of the molecule is Cc1ccc(N2C(=O)NC(=O)/C(=C/C=C\c3ccco3)C2=O)cc1Cl. The minimum Gasteiger partial charge on any atom is -0.465 e. The number of carbonyl (C=O) groups is 3. The standard InChI is InChI=1S/C18H13ClN2O4/c1-11-7-8-12(10-15(11)19)21-17(23)14(16(22)20-18(21)24)6-2-4-13-5-3-9-25-13/h2-10H,1H3,(H,20,22,24)/b4-2-,14-6-. The minimum atomic E-state index is -0.818. The molecule has 1 N–H and O–H groups in total. The zero-order chi connectivity index (χ0) is 18.0. The van der Waals surface area contributed by atoms with E-state index in [4.69, 9.17) is 16.0 Å². The van der Waals surface area contributed by atoms with Crippen LogP contribution in [0, 0.1) is 6.92 Å². The molecule has 1 aliphatic rings. The van der Waals surface area contributed by atoms with E-state index in [1.807, 2.05) is 0 Å². The normalized spacial score (nSPS) is 16.8. The van der Waals surface area contributed by atoms with Crippen molar-refractivity contribution in [1.82, 2.24) is 5.32 Å². The minimum absolute atomic E-state index is 0.167. The van der Waals surface area contributed by atoms with Gasteiger partial charge in [-0.3, -0.25) is 14.9 Å². The van der Waals surface area contributed by atoms with Crippen LogP contribution in [0.5, 0.6) is 0 Å². The van der Waals surface area contributed by atoms with Crippen molar-refractivity contribution in [1.29, 1.82) is 0 Å². The second-order valence-electron chi connectivity index (χ2n) is 5.29. The van der Waals surface area contributed by atoms with Gasteiger partial charge in [-0.2, -0.15) is 0 Å². The molecule has 2 heterocycles. The summed E-state index contributed by atoms with van der Waals surface area (Å²) in [6.07, 6.45) is 5.93. The van der Waals surface area contributed by atoms with Crippen molar-refractivity contribution in [3.05, 3.63) is 70.7 Å². The Morgan fingerprint density at radius 2 is 2.00 bits per heavy atom. The highest BCUT2D eigenvalue weighted by Crippen LogP contribution is 2.26. The molecule has 1 aromatic carbocycles. The summed E-state index contributed by atoms with van der Waals surface area (Å²) < 4.78 is 5.13. The van der Waals surface area contributed by atoms with Crippen LogP contribution in [0.4, 0.5) is 10.5 Å². The maximum atomic E-state index is 12.6. The van der Waals surface area contributed by atoms with Crippen LogP contribution in [0.3, 0.4) is 0 Å². The van der Waals surface area contributed by atoms with Gasteiger partial charge < -0.3 is 4.42 Å². The van der Waals surface area contributed by atoms with Crippen LogP contribution in [0.1, 0.15) is 11.3 Å². The number of rotatable bonds is 3. The molecule has 6 nitrogen and oxygen atoms in total. The van der Waals surface area contributed by atoms with Gasteiger partial charge in [-0.25, -0.2) is 9.69 Å². The van der Waals surface area contributed by atoms with Crippen LogP contribution in [0.15, 0.2) is 58.7 Å². The largest absolute Gasteiger partial charge is 0.465 e. The van der Waals surface area contributed by atoms with Gasteiger partial charge in [-0.1, -0.05) is 23.7 Å². The maximum absolute atomic E-state index is 12.6. The second kappa shape index (κ2) is 6.78. The van der Waals surface area contributed by atoms with Crippen molar-refractivity contribution in [2.75, 3.05) is 4.90 Å². The number of nitrogens with zero attached hydrogens (tertiary/aromatic N) is 1. The summed E-state index contributed by atoms with van der Waals surface area (Å²) in [6.45, 7) is 1.80. The Labute approximate surface area is 148 Å². The Morgan fingerprint density at radius 3 is 2.68 bits per heavy atom. The Balaban J connectivity index is 1.92. The molecule has 0 unspecified atom stereocenters. The molecule has 1 aromatic heterocycles. The Hall–Kier alpha value is -3.12. The number of furan rings is 1. The van der Waals surface area contributed by atoms with Gasteiger partial charge in [0.2, 0.25) is 0 Å². The van der Waals surface area contributed by atoms with Crippen LogP contribution in [-0.2, 0) is 9.59 Å². The average Bonchev–Trinajstić information content (AvgIpc) is 3.07. The third-order valence-corrected chi connectivity index (χ3v) is 3.99.